The smallest absolute Gasteiger partial charge is 0.265 e. The number of likely N-dealkylation sites (tertiary alicyclic amines) is 1. The summed E-state index contributed by atoms with van der Waals surface area (Å²) >= 11 is 1.61. The first-order valence-electron chi connectivity index (χ1n) is 20.4. The van der Waals surface area contributed by atoms with Gasteiger partial charge in [-0.2, -0.15) is 0 Å². The Kier molecular flexibility index (Phi) is 15.4. The highest BCUT2D eigenvalue weighted by Gasteiger charge is 2.42. The van der Waals surface area contributed by atoms with Crippen molar-refractivity contribution in [1.29, 1.82) is 0 Å². The second kappa shape index (κ2) is 20.2. The van der Waals surface area contributed by atoms with E-state index in [0.29, 0.717) is 24.9 Å². The average molecular weight is 787 g/mol. The van der Waals surface area contributed by atoms with Crippen LogP contribution < -0.4 is 26.4 Å². The highest BCUT2D eigenvalue weighted by atomic mass is 32.1. The molecule has 0 spiro atoms. The third kappa shape index (κ3) is 11.6. The van der Waals surface area contributed by atoms with E-state index in [9.17, 15) is 19.2 Å². The zero-order valence-electron chi connectivity index (χ0n) is 34.2. The number of unbranched alkanes of at least 4 members (excludes halogenated alkanes) is 2. The van der Waals surface area contributed by atoms with Gasteiger partial charge >= 0.3 is 0 Å². The number of nitrogens with zero attached hydrogens (tertiary/aromatic N) is 4. The molecule has 56 heavy (non-hydrogen) atoms. The normalized spacial score (nSPS) is 17.4. The van der Waals surface area contributed by atoms with Crippen LogP contribution >= 0.6 is 11.3 Å². The van der Waals surface area contributed by atoms with Gasteiger partial charge in [-0.05, 0) is 93.3 Å². The molecule has 0 aliphatic carbocycles. The molecule has 2 aliphatic rings. The summed E-state index contributed by atoms with van der Waals surface area (Å²) in [7, 11) is 0. The summed E-state index contributed by atoms with van der Waals surface area (Å²) in [5.74, 6) is -0.611. The van der Waals surface area contributed by atoms with Crippen LogP contribution in [-0.4, -0.2) is 96.3 Å². The number of aryl methyl sites for hydroxylation is 1. The molecule has 13 heteroatoms. The maximum atomic E-state index is 14.0. The second-order valence-electron chi connectivity index (χ2n) is 16.2. The minimum absolute atomic E-state index is 0.126. The van der Waals surface area contributed by atoms with E-state index < -0.39 is 17.5 Å². The maximum absolute atomic E-state index is 14.0. The van der Waals surface area contributed by atoms with Gasteiger partial charge in [-0.25, -0.2) is 10.4 Å². The first kappa shape index (κ1) is 42.8. The molecule has 4 amide bonds. The molecule has 3 aromatic rings. The summed E-state index contributed by atoms with van der Waals surface area (Å²) in [6.45, 7) is 17.9. The highest BCUT2D eigenvalue weighted by Crippen LogP contribution is 2.29. The number of benzene rings is 2. The lowest BCUT2D eigenvalue weighted by Crippen LogP contribution is -2.57. The molecule has 5 rings (SSSR count). The molecule has 4 N–H and O–H groups in total. The van der Waals surface area contributed by atoms with Gasteiger partial charge in [0.2, 0.25) is 17.7 Å². The molecule has 3 heterocycles. The fourth-order valence-corrected chi connectivity index (χ4v) is 8.25. The SMILES string of the molecule is CCCNNC(=O)c1ccc(N2CCN(CCCCCC(=O)N[C@H](C(=O)N3CCC[C@H]3C(=O)N[C@@H](C)c3ccc(-c4scnc4C)cc3)C(C)(C)C)CC2)cc1. The molecule has 0 radical (unpaired) electrons. The van der Waals surface area contributed by atoms with Crippen molar-refractivity contribution in [3.05, 3.63) is 70.9 Å². The number of piperazine rings is 1. The molecule has 2 fully saturated rings. The lowest BCUT2D eigenvalue weighted by molar-refractivity contribution is -0.144. The number of amides is 4. The van der Waals surface area contributed by atoms with E-state index in [0.717, 1.165) is 98.8 Å². The van der Waals surface area contributed by atoms with E-state index in [1.54, 1.807) is 16.2 Å². The minimum atomic E-state index is -0.726. The van der Waals surface area contributed by atoms with E-state index >= 15 is 0 Å². The third-order valence-corrected chi connectivity index (χ3v) is 11.8. The van der Waals surface area contributed by atoms with Gasteiger partial charge in [-0.3, -0.25) is 29.5 Å². The van der Waals surface area contributed by atoms with Crippen LogP contribution in [0, 0.1) is 12.3 Å². The quantitative estimate of drug-likeness (QED) is 0.0989. The zero-order chi connectivity index (χ0) is 40.2. The first-order chi connectivity index (χ1) is 26.8. The maximum Gasteiger partial charge on any atom is 0.265 e. The predicted octanol–water partition coefficient (Wildman–Crippen LogP) is 5.84. The van der Waals surface area contributed by atoms with E-state index in [1.807, 2.05) is 83.5 Å². The summed E-state index contributed by atoms with van der Waals surface area (Å²) in [6, 6.07) is 14.4. The lowest BCUT2D eigenvalue weighted by Gasteiger charge is -2.36. The van der Waals surface area contributed by atoms with Crippen LogP contribution in [0.25, 0.3) is 10.4 Å². The van der Waals surface area contributed by atoms with Crippen molar-refractivity contribution in [2.45, 2.75) is 105 Å². The standard InChI is InChI=1S/C43H62N8O4S/c1-7-22-45-48-40(53)34-18-20-35(21-19-34)50-27-25-49(26-28-50)23-10-8-9-13-37(52)47-39(43(4,5)6)42(55)51-24-11-12-36(51)41(54)46-30(2)32-14-16-33(17-15-32)38-31(3)44-29-56-38/h14-21,29-30,36,39,45H,7-13,22-28H2,1-6H3,(H,46,54)(H,47,52)(H,48,53)/t30-,36-,39+/m0/s1. The Morgan fingerprint density at radius 1 is 0.911 bits per heavy atom. The van der Waals surface area contributed by atoms with Gasteiger partial charge in [-0.1, -0.05) is 58.4 Å². The van der Waals surface area contributed by atoms with Crippen molar-refractivity contribution in [2.75, 3.05) is 50.7 Å². The van der Waals surface area contributed by atoms with E-state index in [-0.39, 0.29) is 29.7 Å². The molecule has 0 saturated carbocycles. The van der Waals surface area contributed by atoms with Gasteiger partial charge in [0.15, 0.2) is 0 Å². The minimum Gasteiger partial charge on any atom is -0.369 e. The zero-order valence-corrected chi connectivity index (χ0v) is 35.0. The van der Waals surface area contributed by atoms with Gasteiger partial charge in [0.25, 0.3) is 5.91 Å². The van der Waals surface area contributed by atoms with Crippen LogP contribution in [0.15, 0.2) is 54.0 Å². The van der Waals surface area contributed by atoms with Crippen molar-refractivity contribution >= 4 is 40.7 Å². The molecule has 1 aromatic heterocycles. The summed E-state index contributed by atoms with van der Waals surface area (Å²) < 4.78 is 0. The Balaban J connectivity index is 1.02. The van der Waals surface area contributed by atoms with Crippen LogP contribution in [-0.2, 0) is 14.4 Å². The molecule has 2 saturated heterocycles. The fourth-order valence-electron chi connectivity index (χ4n) is 7.44. The largest absolute Gasteiger partial charge is 0.369 e. The Labute approximate surface area is 337 Å². The average Bonchev–Trinajstić information content (AvgIpc) is 3.86. The van der Waals surface area contributed by atoms with Crippen molar-refractivity contribution < 1.29 is 19.2 Å². The highest BCUT2D eigenvalue weighted by molar-refractivity contribution is 7.13. The van der Waals surface area contributed by atoms with Crippen molar-refractivity contribution in [2.24, 2.45) is 5.41 Å². The molecule has 0 unspecified atom stereocenters. The Morgan fingerprint density at radius 3 is 2.27 bits per heavy atom. The number of hydrogen-bond donors (Lipinski definition) is 4. The monoisotopic (exact) mass is 786 g/mol. The fraction of sp³-hybridized carbons (Fsp3) is 0.558. The molecular formula is C43H62N8O4S. The number of aromatic nitrogens is 1. The van der Waals surface area contributed by atoms with Crippen LogP contribution in [0.3, 0.4) is 0 Å². The second-order valence-corrected chi connectivity index (χ2v) is 17.1. The van der Waals surface area contributed by atoms with E-state index in [4.69, 9.17) is 0 Å². The summed E-state index contributed by atoms with van der Waals surface area (Å²) in [6.07, 6.45) is 5.33. The summed E-state index contributed by atoms with van der Waals surface area (Å²) in [4.78, 5) is 65.1. The number of thiazole rings is 1. The number of carbonyl (C=O) groups excluding carboxylic acids is 4. The van der Waals surface area contributed by atoms with Crippen LogP contribution in [0.2, 0.25) is 0 Å². The Morgan fingerprint density at radius 2 is 1.62 bits per heavy atom. The number of anilines is 1. The van der Waals surface area contributed by atoms with Crippen LogP contribution in [0.5, 0.6) is 0 Å². The van der Waals surface area contributed by atoms with Crippen molar-refractivity contribution in [3.8, 4) is 10.4 Å². The van der Waals surface area contributed by atoms with Crippen molar-refractivity contribution in [1.82, 2.24) is 36.3 Å². The number of nitrogens with one attached hydrogen (secondary N) is 4. The molecule has 2 aliphatic heterocycles. The van der Waals surface area contributed by atoms with Crippen LogP contribution in [0.4, 0.5) is 5.69 Å². The molecular weight excluding hydrogens is 725 g/mol. The number of hydrogen-bond acceptors (Lipinski definition) is 9. The van der Waals surface area contributed by atoms with Gasteiger partial charge in [0.05, 0.1) is 22.1 Å². The summed E-state index contributed by atoms with van der Waals surface area (Å²) in [5, 5.41) is 6.20. The number of rotatable bonds is 17. The van der Waals surface area contributed by atoms with Crippen molar-refractivity contribution in [3.63, 3.8) is 0 Å². The Hall–Kier alpha value is -4.33. The number of carbonyl (C=O) groups is 4. The molecule has 2 aromatic carbocycles. The van der Waals surface area contributed by atoms with Gasteiger partial charge in [-0.15, -0.1) is 11.3 Å². The molecule has 3 atom stereocenters. The third-order valence-electron chi connectivity index (χ3n) is 10.9. The van der Waals surface area contributed by atoms with Gasteiger partial charge in [0, 0.05) is 56.9 Å². The van der Waals surface area contributed by atoms with E-state index in [2.05, 4.69) is 48.4 Å². The van der Waals surface area contributed by atoms with Crippen LogP contribution in [0.1, 0.15) is 107 Å². The Bertz CT molecular complexity index is 1750. The molecule has 12 nitrogen and oxygen atoms in total. The summed E-state index contributed by atoms with van der Waals surface area (Å²) in [5.41, 5.74) is 11.8. The molecule has 304 valence electrons. The van der Waals surface area contributed by atoms with Gasteiger partial charge in [0.1, 0.15) is 12.1 Å². The number of hydrazine groups is 1. The van der Waals surface area contributed by atoms with E-state index in [1.165, 1.54) is 0 Å². The van der Waals surface area contributed by atoms with Gasteiger partial charge < -0.3 is 20.4 Å². The first-order valence-corrected chi connectivity index (χ1v) is 21.2. The molecule has 0 bridgehead atoms. The predicted molar refractivity (Wildman–Crippen MR) is 224 cm³/mol. The lowest BCUT2D eigenvalue weighted by atomic mass is 9.85. The topological polar surface area (TPSA) is 139 Å².